The van der Waals surface area contributed by atoms with Gasteiger partial charge in [0.05, 0.1) is 10.5 Å². The summed E-state index contributed by atoms with van der Waals surface area (Å²) >= 11 is 0. The maximum Gasteiger partial charge on any atom is 0.303 e. The lowest BCUT2D eigenvalue weighted by Crippen LogP contribution is -2.35. The topological polar surface area (TPSA) is 83.5 Å². The number of nitrogens with one attached hydrogen (secondary N) is 1. The van der Waals surface area contributed by atoms with Gasteiger partial charge in [0.2, 0.25) is 0 Å². The van der Waals surface area contributed by atoms with Gasteiger partial charge in [-0.25, -0.2) is 8.42 Å². The van der Waals surface area contributed by atoms with Crippen LogP contribution in [0, 0.1) is 5.41 Å². The molecule has 5 nitrogen and oxygen atoms in total. The Bertz CT molecular complexity index is 407. The van der Waals surface area contributed by atoms with Crippen LogP contribution in [0.4, 0.5) is 0 Å². The minimum atomic E-state index is -3.08. The molecule has 0 saturated carbocycles. The summed E-state index contributed by atoms with van der Waals surface area (Å²) in [5.74, 6) is -0.645. The molecule has 0 aromatic carbocycles. The van der Waals surface area contributed by atoms with Gasteiger partial charge < -0.3 is 10.4 Å². The molecule has 0 aliphatic rings. The molecule has 0 rings (SSSR count). The van der Waals surface area contributed by atoms with E-state index in [4.69, 9.17) is 5.11 Å². The van der Waals surface area contributed by atoms with E-state index in [2.05, 4.69) is 5.32 Å². The van der Waals surface area contributed by atoms with Gasteiger partial charge in [-0.1, -0.05) is 13.8 Å². The van der Waals surface area contributed by atoms with Gasteiger partial charge in [-0.15, -0.1) is 0 Å². The predicted molar refractivity (Wildman–Crippen MR) is 81.7 cm³/mol. The number of sulfone groups is 1. The second-order valence-electron chi connectivity index (χ2n) is 6.99. The second kappa shape index (κ2) is 7.41. The Labute approximate surface area is 123 Å². The Hall–Kier alpha value is -0.620. The van der Waals surface area contributed by atoms with Gasteiger partial charge in [0.25, 0.3) is 0 Å². The van der Waals surface area contributed by atoms with Crippen LogP contribution in [0.25, 0.3) is 0 Å². The van der Waals surface area contributed by atoms with Gasteiger partial charge in [-0.2, -0.15) is 0 Å². The first-order valence-electron chi connectivity index (χ1n) is 7.02. The molecule has 0 amide bonds. The van der Waals surface area contributed by atoms with E-state index in [0.29, 0.717) is 19.5 Å². The van der Waals surface area contributed by atoms with Gasteiger partial charge in [0.15, 0.2) is 9.84 Å². The molecular formula is C14H29NO4S. The fourth-order valence-electron chi connectivity index (χ4n) is 1.63. The summed E-state index contributed by atoms with van der Waals surface area (Å²) in [7, 11) is -3.08. The van der Waals surface area contributed by atoms with Crippen LogP contribution < -0.4 is 5.32 Å². The number of hydrogen-bond acceptors (Lipinski definition) is 4. The minimum absolute atomic E-state index is 0.0473. The third kappa shape index (κ3) is 7.85. The zero-order valence-corrected chi connectivity index (χ0v) is 14.1. The van der Waals surface area contributed by atoms with Crippen LogP contribution in [0.5, 0.6) is 0 Å². The first kappa shape index (κ1) is 19.4. The number of hydrogen-bond donors (Lipinski definition) is 2. The predicted octanol–water partition coefficient (Wildman–Crippen LogP) is 2.07. The highest BCUT2D eigenvalue weighted by atomic mass is 32.2. The molecule has 0 unspecified atom stereocenters. The first-order chi connectivity index (χ1) is 8.87. The van der Waals surface area contributed by atoms with Crippen molar-refractivity contribution in [1.82, 2.24) is 5.32 Å². The fourth-order valence-corrected chi connectivity index (χ4v) is 2.66. The smallest absolute Gasteiger partial charge is 0.303 e. The van der Waals surface area contributed by atoms with Crippen molar-refractivity contribution in [2.24, 2.45) is 5.41 Å². The molecule has 0 bridgehead atoms. The van der Waals surface area contributed by atoms with Gasteiger partial charge in [0.1, 0.15) is 0 Å². The normalized spacial score (nSPS) is 13.4. The van der Waals surface area contributed by atoms with E-state index < -0.39 is 20.6 Å². The molecule has 0 aromatic heterocycles. The maximum atomic E-state index is 11.9. The van der Waals surface area contributed by atoms with Crippen LogP contribution >= 0.6 is 0 Å². The second-order valence-corrected chi connectivity index (χ2v) is 9.85. The summed E-state index contributed by atoms with van der Waals surface area (Å²) in [6.07, 6.45) is 1.63. The van der Waals surface area contributed by atoms with Crippen LogP contribution in [-0.4, -0.2) is 43.1 Å². The molecule has 0 aliphatic heterocycles. The molecule has 0 atom stereocenters. The third-order valence-corrected chi connectivity index (χ3v) is 6.08. The zero-order valence-electron chi connectivity index (χ0n) is 13.3. The van der Waals surface area contributed by atoms with E-state index in [1.807, 2.05) is 13.8 Å². The van der Waals surface area contributed by atoms with Crippen molar-refractivity contribution in [3.05, 3.63) is 0 Å². The van der Waals surface area contributed by atoms with Crippen molar-refractivity contribution >= 4 is 15.8 Å². The molecule has 0 fully saturated rings. The van der Waals surface area contributed by atoms with Crippen LogP contribution in [0.15, 0.2) is 0 Å². The Morgan fingerprint density at radius 3 is 2.05 bits per heavy atom. The molecular weight excluding hydrogens is 278 g/mol. The summed E-state index contributed by atoms with van der Waals surface area (Å²) < 4.78 is 23.1. The van der Waals surface area contributed by atoms with Gasteiger partial charge in [-0.05, 0) is 45.6 Å². The molecule has 2 N–H and O–H groups in total. The average Bonchev–Trinajstić information content (AvgIpc) is 2.24. The Balaban J connectivity index is 3.96. The lowest BCUT2D eigenvalue weighted by Gasteiger charge is -2.24. The van der Waals surface area contributed by atoms with Crippen LogP contribution in [0.2, 0.25) is 0 Å². The lowest BCUT2D eigenvalue weighted by atomic mass is 9.84. The molecule has 0 aromatic rings. The van der Waals surface area contributed by atoms with Crippen molar-refractivity contribution in [3.63, 3.8) is 0 Å². The Kier molecular flexibility index (Phi) is 7.18. The molecule has 20 heavy (non-hydrogen) atoms. The average molecular weight is 307 g/mol. The Morgan fingerprint density at radius 1 is 1.05 bits per heavy atom. The summed E-state index contributed by atoms with van der Waals surface area (Å²) in [6, 6.07) is 0. The van der Waals surface area contributed by atoms with Gasteiger partial charge >= 0.3 is 5.97 Å². The van der Waals surface area contributed by atoms with Crippen LogP contribution in [0.1, 0.15) is 53.9 Å². The summed E-state index contributed by atoms with van der Waals surface area (Å²) in [5, 5.41) is 11.8. The molecule has 0 radical (unpaired) electrons. The number of rotatable bonds is 9. The molecule has 0 heterocycles. The molecule has 6 heteroatoms. The summed E-state index contributed by atoms with van der Waals surface area (Å²) in [5.41, 5.74) is -0.0473. The van der Waals surface area contributed by atoms with Gasteiger partial charge in [-0.3, -0.25) is 4.79 Å². The third-order valence-electron chi connectivity index (χ3n) is 3.47. The zero-order chi connectivity index (χ0) is 16.0. The highest BCUT2D eigenvalue weighted by Gasteiger charge is 2.28. The van der Waals surface area contributed by atoms with Crippen LogP contribution in [-0.2, 0) is 14.6 Å². The molecule has 0 spiro atoms. The standard InChI is InChI=1S/C14H29NO4S/c1-13(2,3)20(18,19)11-10-15-9-8-14(4,5)7-6-12(16)17/h15H,6-11H2,1-5H3,(H,16,17). The summed E-state index contributed by atoms with van der Waals surface area (Å²) in [4.78, 5) is 10.5. The van der Waals surface area contributed by atoms with Gasteiger partial charge in [0, 0.05) is 13.0 Å². The Morgan fingerprint density at radius 2 is 1.60 bits per heavy atom. The van der Waals surface area contributed by atoms with E-state index in [1.54, 1.807) is 20.8 Å². The maximum absolute atomic E-state index is 11.9. The van der Waals surface area contributed by atoms with Crippen molar-refractivity contribution < 1.29 is 18.3 Å². The number of aliphatic carboxylic acids is 1. The lowest BCUT2D eigenvalue weighted by molar-refractivity contribution is -0.137. The number of carboxylic acid groups (broad SMARTS) is 1. The van der Waals surface area contributed by atoms with E-state index in [1.165, 1.54) is 0 Å². The monoisotopic (exact) mass is 307 g/mol. The largest absolute Gasteiger partial charge is 0.481 e. The highest BCUT2D eigenvalue weighted by molar-refractivity contribution is 7.92. The highest BCUT2D eigenvalue weighted by Crippen LogP contribution is 2.26. The van der Waals surface area contributed by atoms with E-state index in [-0.39, 0.29) is 17.6 Å². The number of carbonyl (C=O) groups is 1. The van der Waals surface area contributed by atoms with Crippen LogP contribution in [0.3, 0.4) is 0 Å². The number of carboxylic acids is 1. The van der Waals surface area contributed by atoms with Crippen molar-refractivity contribution in [2.75, 3.05) is 18.8 Å². The van der Waals surface area contributed by atoms with Crippen molar-refractivity contribution in [3.8, 4) is 0 Å². The van der Waals surface area contributed by atoms with E-state index in [9.17, 15) is 13.2 Å². The summed E-state index contributed by atoms with van der Waals surface area (Å²) in [6.45, 7) is 10.3. The van der Waals surface area contributed by atoms with E-state index in [0.717, 1.165) is 6.42 Å². The fraction of sp³-hybridized carbons (Fsp3) is 0.929. The molecule has 0 saturated heterocycles. The van der Waals surface area contributed by atoms with E-state index >= 15 is 0 Å². The molecule has 0 aliphatic carbocycles. The first-order valence-corrected chi connectivity index (χ1v) is 8.67. The van der Waals surface area contributed by atoms with Crippen molar-refractivity contribution in [2.45, 2.75) is 58.6 Å². The molecule has 120 valence electrons. The SMILES string of the molecule is CC(C)(CCNCCS(=O)(=O)C(C)(C)C)CCC(=O)O. The quantitative estimate of drug-likeness (QED) is 0.637. The minimum Gasteiger partial charge on any atom is -0.481 e. The van der Waals surface area contributed by atoms with Crippen molar-refractivity contribution in [1.29, 1.82) is 0 Å².